The minimum atomic E-state index is -1.01. The van der Waals surface area contributed by atoms with Gasteiger partial charge in [0.1, 0.15) is 5.58 Å². The van der Waals surface area contributed by atoms with Crippen LogP contribution < -0.4 is 5.63 Å². The zero-order valence-electron chi connectivity index (χ0n) is 11.3. The standard InChI is InChI=1S/C17H12O4/c1-10-6-7-11(8-13(10)16(18)19)14-9-12-4-2-3-5-15(12)21-17(14)20/h2-9H,1H3,(H,18,19). The van der Waals surface area contributed by atoms with Crippen LogP contribution in [0.4, 0.5) is 0 Å². The van der Waals surface area contributed by atoms with Gasteiger partial charge in [0.05, 0.1) is 11.1 Å². The van der Waals surface area contributed by atoms with Gasteiger partial charge in [-0.3, -0.25) is 0 Å². The number of hydrogen-bond donors (Lipinski definition) is 1. The summed E-state index contributed by atoms with van der Waals surface area (Å²) >= 11 is 0. The SMILES string of the molecule is Cc1ccc(-c2cc3ccccc3oc2=O)cc1C(=O)O. The van der Waals surface area contributed by atoms with Crippen molar-refractivity contribution >= 4 is 16.9 Å². The highest BCUT2D eigenvalue weighted by molar-refractivity contribution is 5.91. The summed E-state index contributed by atoms with van der Waals surface area (Å²) in [6.45, 7) is 1.72. The second-order valence-corrected chi connectivity index (χ2v) is 4.82. The van der Waals surface area contributed by atoms with Crippen molar-refractivity contribution in [2.24, 2.45) is 0 Å². The van der Waals surface area contributed by atoms with Crippen LogP contribution in [-0.4, -0.2) is 11.1 Å². The van der Waals surface area contributed by atoms with Gasteiger partial charge in [-0.25, -0.2) is 9.59 Å². The number of aromatic carboxylic acids is 1. The lowest BCUT2D eigenvalue weighted by Crippen LogP contribution is -2.05. The largest absolute Gasteiger partial charge is 0.478 e. The number of para-hydroxylation sites is 1. The molecule has 1 aromatic heterocycles. The van der Waals surface area contributed by atoms with E-state index in [0.29, 0.717) is 22.3 Å². The van der Waals surface area contributed by atoms with Gasteiger partial charge in [-0.05, 0) is 36.2 Å². The first-order valence-corrected chi connectivity index (χ1v) is 6.43. The van der Waals surface area contributed by atoms with E-state index in [9.17, 15) is 14.7 Å². The third-order valence-corrected chi connectivity index (χ3v) is 3.42. The van der Waals surface area contributed by atoms with Crippen LogP contribution >= 0.6 is 0 Å². The molecule has 0 aliphatic rings. The number of rotatable bonds is 2. The smallest absolute Gasteiger partial charge is 0.344 e. The van der Waals surface area contributed by atoms with Crippen LogP contribution in [0.1, 0.15) is 15.9 Å². The van der Waals surface area contributed by atoms with Crippen LogP contribution in [0, 0.1) is 6.92 Å². The molecule has 0 fully saturated rings. The molecule has 3 aromatic rings. The number of carboxylic acids is 1. The molecule has 1 N–H and O–H groups in total. The Morgan fingerprint density at radius 2 is 1.86 bits per heavy atom. The molecule has 4 nitrogen and oxygen atoms in total. The van der Waals surface area contributed by atoms with E-state index < -0.39 is 11.6 Å². The van der Waals surface area contributed by atoms with Crippen LogP contribution in [0.2, 0.25) is 0 Å². The first-order chi connectivity index (χ1) is 10.1. The highest BCUT2D eigenvalue weighted by atomic mass is 16.4. The third kappa shape index (κ3) is 2.31. The zero-order valence-corrected chi connectivity index (χ0v) is 11.3. The number of benzene rings is 2. The molecule has 0 aliphatic heterocycles. The summed E-state index contributed by atoms with van der Waals surface area (Å²) in [5.41, 5.74) is 1.76. The number of carboxylic acid groups (broad SMARTS) is 1. The maximum absolute atomic E-state index is 12.1. The molecule has 1 heterocycles. The first-order valence-electron chi connectivity index (χ1n) is 6.43. The van der Waals surface area contributed by atoms with E-state index in [4.69, 9.17) is 4.42 Å². The van der Waals surface area contributed by atoms with Crippen molar-refractivity contribution in [3.05, 3.63) is 70.1 Å². The summed E-state index contributed by atoms with van der Waals surface area (Å²) in [6.07, 6.45) is 0. The van der Waals surface area contributed by atoms with Gasteiger partial charge in [0.15, 0.2) is 0 Å². The highest BCUT2D eigenvalue weighted by Gasteiger charge is 2.12. The van der Waals surface area contributed by atoms with Crippen LogP contribution in [-0.2, 0) is 0 Å². The van der Waals surface area contributed by atoms with Crippen LogP contribution in [0.15, 0.2) is 57.7 Å². The summed E-state index contributed by atoms with van der Waals surface area (Å²) in [6, 6.07) is 13.8. The van der Waals surface area contributed by atoms with Gasteiger partial charge in [0.2, 0.25) is 0 Å². The van der Waals surface area contributed by atoms with Gasteiger partial charge in [-0.1, -0.05) is 30.3 Å². The minimum absolute atomic E-state index is 0.181. The van der Waals surface area contributed by atoms with Crippen molar-refractivity contribution in [2.75, 3.05) is 0 Å². The van der Waals surface area contributed by atoms with Gasteiger partial charge in [0.25, 0.3) is 0 Å². The highest BCUT2D eigenvalue weighted by Crippen LogP contribution is 2.23. The average molecular weight is 280 g/mol. The molecule has 0 spiro atoms. The van der Waals surface area contributed by atoms with Crippen molar-refractivity contribution in [1.82, 2.24) is 0 Å². The Kier molecular flexibility index (Phi) is 3.06. The van der Waals surface area contributed by atoms with E-state index in [1.165, 1.54) is 6.07 Å². The molecular weight excluding hydrogens is 268 g/mol. The van der Waals surface area contributed by atoms with Crippen molar-refractivity contribution in [1.29, 1.82) is 0 Å². The van der Waals surface area contributed by atoms with Gasteiger partial charge >= 0.3 is 11.6 Å². The number of carbonyl (C=O) groups is 1. The van der Waals surface area contributed by atoms with Crippen molar-refractivity contribution in [3.8, 4) is 11.1 Å². The van der Waals surface area contributed by atoms with Crippen LogP contribution in [0.3, 0.4) is 0 Å². The summed E-state index contributed by atoms with van der Waals surface area (Å²) < 4.78 is 5.27. The molecule has 0 saturated carbocycles. The Balaban J connectivity index is 2.25. The molecule has 0 bridgehead atoms. The van der Waals surface area contributed by atoms with Gasteiger partial charge in [-0.2, -0.15) is 0 Å². The molecular formula is C17H12O4. The van der Waals surface area contributed by atoms with Crippen molar-refractivity contribution < 1.29 is 14.3 Å². The van der Waals surface area contributed by atoms with E-state index in [1.54, 1.807) is 37.3 Å². The number of hydrogen-bond acceptors (Lipinski definition) is 3. The molecule has 0 aliphatic carbocycles. The second kappa shape index (κ2) is 4.90. The quantitative estimate of drug-likeness (QED) is 0.730. The fourth-order valence-electron chi connectivity index (χ4n) is 2.28. The third-order valence-electron chi connectivity index (χ3n) is 3.42. The summed E-state index contributed by atoms with van der Waals surface area (Å²) in [7, 11) is 0. The van der Waals surface area contributed by atoms with E-state index in [-0.39, 0.29) is 5.56 Å². The van der Waals surface area contributed by atoms with Gasteiger partial charge < -0.3 is 9.52 Å². The van der Waals surface area contributed by atoms with E-state index in [0.717, 1.165) is 5.39 Å². The molecule has 0 amide bonds. The maximum atomic E-state index is 12.1. The Morgan fingerprint density at radius 1 is 1.10 bits per heavy atom. The summed E-state index contributed by atoms with van der Waals surface area (Å²) in [5.74, 6) is -1.01. The fourth-order valence-corrected chi connectivity index (χ4v) is 2.28. The van der Waals surface area contributed by atoms with Gasteiger partial charge in [-0.15, -0.1) is 0 Å². The van der Waals surface area contributed by atoms with E-state index in [2.05, 4.69) is 0 Å². The number of fused-ring (bicyclic) bond motifs is 1. The molecule has 21 heavy (non-hydrogen) atoms. The average Bonchev–Trinajstić information content (AvgIpc) is 2.47. The first kappa shape index (κ1) is 13.1. The monoisotopic (exact) mass is 280 g/mol. The Morgan fingerprint density at radius 3 is 2.62 bits per heavy atom. The molecule has 0 atom stereocenters. The van der Waals surface area contributed by atoms with Crippen molar-refractivity contribution in [2.45, 2.75) is 6.92 Å². The van der Waals surface area contributed by atoms with Gasteiger partial charge in [0, 0.05) is 5.39 Å². The predicted molar refractivity (Wildman–Crippen MR) is 79.6 cm³/mol. The summed E-state index contributed by atoms with van der Waals surface area (Å²) in [4.78, 5) is 23.3. The normalized spacial score (nSPS) is 10.7. The molecule has 0 saturated heterocycles. The van der Waals surface area contributed by atoms with E-state index >= 15 is 0 Å². The second-order valence-electron chi connectivity index (χ2n) is 4.82. The maximum Gasteiger partial charge on any atom is 0.344 e. The van der Waals surface area contributed by atoms with Crippen molar-refractivity contribution in [3.63, 3.8) is 0 Å². The Hall–Kier alpha value is -2.88. The predicted octanol–water partition coefficient (Wildman–Crippen LogP) is 3.47. The van der Waals surface area contributed by atoms with Crippen LogP contribution in [0.5, 0.6) is 0 Å². The lowest BCUT2D eigenvalue weighted by Gasteiger charge is -2.06. The Bertz CT molecular complexity index is 906. The molecule has 4 heteroatoms. The summed E-state index contributed by atoms with van der Waals surface area (Å²) in [5, 5.41) is 9.97. The topological polar surface area (TPSA) is 67.5 Å². The van der Waals surface area contributed by atoms with E-state index in [1.807, 2.05) is 12.1 Å². The molecule has 2 aromatic carbocycles. The lowest BCUT2D eigenvalue weighted by atomic mass is 10.00. The molecule has 104 valence electrons. The minimum Gasteiger partial charge on any atom is -0.478 e. The Labute approximate surface area is 120 Å². The lowest BCUT2D eigenvalue weighted by molar-refractivity contribution is 0.0696. The van der Waals surface area contributed by atoms with Crippen LogP contribution in [0.25, 0.3) is 22.1 Å². The molecule has 3 rings (SSSR count). The number of aryl methyl sites for hydroxylation is 1. The fraction of sp³-hybridized carbons (Fsp3) is 0.0588. The molecule has 0 radical (unpaired) electrons. The molecule has 0 unspecified atom stereocenters. The zero-order chi connectivity index (χ0) is 15.0.